The van der Waals surface area contributed by atoms with Crippen LogP contribution in [0.2, 0.25) is 0 Å². The van der Waals surface area contributed by atoms with Gasteiger partial charge in [-0.05, 0) is 11.9 Å². The molecule has 1 aromatic carbocycles. The standard InChI is InChI=1S/C13H17BBrCl3O/c1-2-3-9-19-14(11-7-5-4-6-8-11)12(15)10-13(16,17)18/h4-8,12H,2-3,9-10H2,1H3. The number of alkyl halides is 4. The fraction of sp³-hybridized carbons (Fsp3) is 0.538. The van der Waals surface area contributed by atoms with E-state index in [1.165, 1.54) is 0 Å². The quantitative estimate of drug-likeness (QED) is 0.373. The average molecular weight is 386 g/mol. The van der Waals surface area contributed by atoms with Gasteiger partial charge in [-0.3, -0.25) is 0 Å². The highest BCUT2D eigenvalue weighted by molar-refractivity contribution is 9.10. The molecule has 0 spiro atoms. The summed E-state index contributed by atoms with van der Waals surface area (Å²) in [6.07, 6.45) is 2.51. The second-order valence-corrected chi connectivity index (χ2v) is 8.08. The van der Waals surface area contributed by atoms with Gasteiger partial charge in [0.05, 0.1) is 0 Å². The van der Waals surface area contributed by atoms with Crippen molar-refractivity contribution in [3.63, 3.8) is 0 Å². The number of rotatable bonds is 7. The molecule has 0 saturated carbocycles. The van der Waals surface area contributed by atoms with Crippen LogP contribution in [0.25, 0.3) is 0 Å². The molecule has 0 aromatic heterocycles. The summed E-state index contributed by atoms with van der Waals surface area (Å²) in [7, 11) is 0. The van der Waals surface area contributed by atoms with Crippen LogP contribution < -0.4 is 5.46 Å². The fourth-order valence-corrected chi connectivity index (χ4v) is 3.74. The number of benzene rings is 1. The van der Waals surface area contributed by atoms with Gasteiger partial charge in [-0.15, -0.1) is 0 Å². The number of hydrogen-bond donors (Lipinski definition) is 0. The van der Waals surface area contributed by atoms with Crippen LogP contribution in [0, 0.1) is 0 Å². The van der Waals surface area contributed by atoms with Gasteiger partial charge in [-0.1, -0.05) is 94.4 Å². The zero-order valence-corrected chi connectivity index (χ0v) is 14.6. The van der Waals surface area contributed by atoms with E-state index in [1.807, 2.05) is 30.3 Å². The first kappa shape index (κ1) is 17.6. The van der Waals surface area contributed by atoms with Crippen LogP contribution in [0.3, 0.4) is 0 Å². The number of unbranched alkanes of at least 4 members (excludes halogenated alkanes) is 1. The van der Waals surface area contributed by atoms with E-state index in [1.54, 1.807) is 0 Å². The minimum atomic E-state index is -1.28. The molecule has 6 heteroatoms. The van der Waals surface area contributed by atoms with Crippen molar-refractivity contribution in [1.29, 1.82) is 0 Å². The Labute approximate surface area is 139 Å². The third-order valence-corrected chi connectivity index (χ3v) is 3.95. The normalized spacial score (nSPS) is 13.3. The summed E-state index contributed by atoms with van der Waals surface area (Å²) < 4.78 is 4.63. The molecule has 106 valence electrons. The predicted octanol–water partition coefficient (Wildman–Crippen LogP) is 4.76. The van der Waals surface area contributed by atoms with Crippen molar-refractivity contribution in [2.75, 3.05) is 6.61 Å². The smallest absolute Gasteiger partial charge is 0.340 e. The molecule has 0 aliphatic carbocycles. The van der Waals surface area contributed by atoms with Gasteiger partial charge in [0.25, 0.3) is 0 Å². The molecule has 0 heterocycles. The second kappa shape index (κ2) is 8.79. The van der Waals surface area contributed by atoms with Crippen molar-refractivity contribution in [3.8, 4) is 0 Å². The first-order valence-corrected chi connectivity index (χ1v) is 8.36. The van der Waals surface area contributed by atoms with Crippen LogP contribution in [-0.4, -0.2) is 22.0 Å². The lowest BCUT2D eigenvalue weighted by atomic mass is 9.57. The maximum Gasteiger partial charge on any atom is 0.340 e. The lowest BCUT2D eigenvalue weighted by Crippen LogP contribution is -2.43. The Kier molecular flexibility index (Phi) is 8.16. The summed E-state index contributed by atoms with van der Waals surface area (Å²) in [5, 5.41) is 0. The summed E-state index contributed by atoms with van der Waals surface area (Å²) in [5.41, 5.74) is 1.09. The molecule has 0 N–H and O–H groups in total. The molecular weight excluding hydrogens is 369 g/mol. The molecule has 0 radical (unpaired) electrons. The van der Waals surface area contributed by atoms with Gasteiger partial charge in [0.1, 0.15) is 0 Å². The van der Waals surface area contributed by atoms with Gasteiger partial charge in [-0.25, -0.2) is 0 Å². The Morgan fingerprint density at radius 2 is 1.89 bits per heavy atom. The molecule has 0 bridgehead atoms. The molecule has 1 rings (SSSR count). The molecule has 0 fully saturated rings. The van der Waals surface area contributed by atoms with E-state index in [0.717, 1.165) is 18.3 Å². The molecule has 1 atom stereocenters. The minimum absolute atomic E-state index is 0.0424. The third-order valence-electron chi connectivity index (χ3n) is 2.68. The molecule has 1 nitrogen and oxygen atoms in total. The average Bonchev–Trinajstić information content (AvgIpc) is 2.33. The zero-order valence-electron chi connectivity index (χ0n) is 10.8. The summed E-state index contributed by atoms with van der Waals surface area (Å²) in [6.45, 7) is 2.73. The summed E-state index contributed by atoms with van der Waals surface area (Å²) >= 11 is 21.2. The van der Waals surface area contributed by atoms with E-state index in [2.05, 4.69) is 22.9 Å². The monoisotopic (exact) mass is 384 g/mol. The van der Waals surface area contributed by atoms with Gasteiger partial charge >= 0.3 is 6.92 Å². The van der Waals surface area contributed by atoms with Crippen LogP contribution in [0.1, 0.15) is 26.2 Å². The van der Waals surface area contributed by atoms with Crippen molar-refractivity contribution in [2.45, 2.75) is 34.7 Å². The summed E-state index contributed by atoms with van der Waals surface area (Å²) in [4.78, 5) is 0. The Balaban J connectivity index is 2.74. The molecule has 0 aliphatic heterocycles. The minimum Gasteiger partial charge on any atom is -0.430 e. The van der Waals surface area contributed by atoms with Crippen LogP contribution in [0.4, 0.5) is 0 Å². The lowest BCUT2D eigenvalue weighted by Gasteiger charge is -2.23. The van der Waals surface area contributed by atoms with E-state index in [4.69, 9.17) is 39.5 Å². The van der Waals surface area contributed by atoms with Crippen LogP contribution >= 0.6 is 50.7 Å². The first-order chi connectivity index (χ1) is 8.94. The van der Waals surface area contributed by atoms with E-state index in [0.29, 0.717) is 13.0 Å². The van der Waals surface area contributed by atoms with E-state index in [9.17, 15) is 0 Å². The van der Waals surface area contributed by atoms with Gasteiger partial charge in [0, 0.05) is 17.8 Å². The Morgan fingerprint density at radius 3 is 2.42 bits per heavy atom. The van der Waals surface area contributed by atoms with Gasteiger partial charge in [0.2, 0.25) is 0 Å². The molecule has 19 heavy (non-hydrogen) atoms. The van der Waals surface area contributed by atoms with E-state index >= 15 is 0 Å². The van der Waals surface area contributed by atoms with Gasteiger partial charge in [-0.2, -0.15) is 0 Å². The highest BCUT2D eigenvalue weighted by atomic mass is 79.9. The van der Waals surface area contributed by atoms with Crippen molar-refractivity contribution in [2.24, 2.45) is 0 Å². The SMILES string of the molecule is CCCCOB(c1ccccc1)C(Br)CC(Cl)(Cl)Cl. The molecule has 0 aliphatic rings. The first-order valence-electron chi connectivity index (χ1n) is 6.31. The molecular formula is C13H17BBrCl3O. The van der Waals surface area contributed by atoms with Gasteiger partial charge in [0.15, 0.2) is 3.79 Å². The van der Waals surface area contributed by atoms with E-state index in [-0.39, 0.29) is 11.6 Å². The molecule has 0 amide bonds. The number of hydrogen-bond acceptors (Lipinski definition) is 1. The molecule has 1 aromatic rings. The Hall–Kier alpha value is 0.595. The Morgan fingerprint density at radius 1 is 1.26 bits per heavy atom. The largest absolute Gasteiger partial charge is 0.430 e. The lowest BCUT2D eigenvalue weighted by molar-refractivity contribution is 0.315. The third kappa shape index (κ3) is 7.24. The van der Waals surface area contributed by atoms with E-state index < -0.39 is 3.79 Å². The van der Waals surface area contributed by atoms with Crippen molar-refractivity contribution >= 4 is 63.1 Å². The highest BCUT2D eigenvalue weighted by Crippen LogP contribution is 2.34. The molecule has 1 unspecified atom stereocenters. The highest BCUT2D eigenvalue weighted by Gasteiger charge is 2.34. The van der Waals surface area contributed by atoms with Crippen LogP contribution in [0.15, 0.2) is 30.3 Å². The number of halogens is 4. The topological polar surface area (TPSA) is 9.23 Å². The maximum absolute atomic E-state index is 5.95. The zero-order chi connectivity index (χ0) is 14.3. The predicted molar refractivity (Wildman–Crippen MR) is 90.3 cm³/mol. The van der Waals surface area contributed by atoms with Crippen molar-refractivity contribution in [3.05, 3.63) is 30.3 Å². The molecule has 0 saturated heterocycles. The summed E-state index contributed by atoms with van der Waals surface area (Å²) in [6, 6.07) is 10.0. The van der Waals surface area contributed by atoms with Crippen LogP contribution in [0.5, 0.6) is 0 Å². The van der Waals surface area contributed by atoms with Crippen molar-refractivity contribution < 1.29 is 4.65 Å². The van der Waals surface area contributed by atoms with Gasteiger partial charge < -0.3 is 4.65 Å². The van der Waals surface area contributed by atoms with Crippen LogP contribution in [-0.2, 0) is 4.65 Å². The maximum atomic E-state index is 5.95. The van der Waals surface area contributed by atoms with Crippen molar-refractivity contribution in [1.82, 2.24) is 0 Å². The second-order valence-electron chi connectivity index (χ2n) is 4.39. The fourth-order valence-electron chi connectivity index (χ4n) is 1.73. The Bertz CT molecular complexity index is 359. The summed E-state index contributed by atoms with van der Waals surface area (Å²) in [5.74, 6) is 0.